The van der Waals surface area contributed by atoms with Crippen LogP contribution in [0.15, 0.2) is 54.6 Å². The van der Waals surface area contributed by atoms with Gasteiger partial charge in [0.25, 0.3) is 0 Å². The second kappa shape index (κ2) is 9.54. The lowest BCUT2D eigenvalue weighted by Crippen LogP contribution is -2.32. The number of hydrogen-bond donors (Lipinski definition) is 2. The van der Waals surface area contributed by atoms with E-state index in [0.29, 0.717) is 12.4 Å². The third-order valence-electron chi connectivity index (χ3n) is 4.14. The number of rotatable bonds is 7. The number of carbonyl (C=O) groups is 1. The Morgan fingerprint density at radius 3 is 2.31 bits per heavy atom. The smallest absolute Gasteiger partial charge is 0.319 e. The summed E-state index contributed by atoms with van der Waals surface area (Å²) in [5.74, 6) is 1.19. The van der Waals surface area contributed by atoms with E-state index in [2.05, 4.69) is 26.9 Å². The first kappa shape index (κ1) is 20.1. The molecule has 0 saturated carbocycles. The van der Waals surface area contributed by atoms with Crippen molar-refractivity contribution in [2.24, 2.45) is 0 Å². The number of aryl methyl sites for hydroxylation is 2. The second-order valence-electron chi connectivity index (χ2n) is 6.59. The van der Waals surface area contributed by atoms with Gasteiger partial charge in [-0.05, 0) is 67.4 Å². The van der Waals surface area contributed by atoms with Crippen LogP contribution in [0.1, 0.15) is 11.1 Å². The van der Waals surface area contributed by atoms with Crippen LogP contribution in [0.2, 0.25) is 0 Å². The Hall–Kier alpha value is -3.61. The van der Waals surface area contributed by atoms with Crippen molar-refractivity contribution in [1.82, 2.24) is 15.5 Å². The monoisotopic (exact) mass is 392 g/mol. The summed E-state index contributed by atoms with van der Waals surface area (Å²) >= 11 is 0. The van der Waals surface area contributed by atoms with Gasteiger partial charge in [-0.25, -0.2) is 4.79 Å². The normalized spacial score (nSPS) is 10.3. The van der Waals surface area contributed by atoms with Gasteiger partial charge in [-0.15, -0.1) is 10.2 Å². The molecule has 2 N–H and O–H groups in total. The molecule has 0 aliphatic heterocycles. The summed E-state index contributed by atoms with van der Waals surface area (Å²) in [6.07, 6.45) is 0. The molecule has 29 heavy (non-hydrogen) atoms. The lowest BCUT2D eigenvalue weighted by Gasteiger charge is -2.10. The molecule has 1 heterocycles. The fraction of sp³-hybridized carbons (Fsp3) is 0.227. The van der Waals surface area contributed by atoms with E-state index in [-0.39, 0.29) is 12.6 Å². The van der Waals surface area contributed by atoms with Crippen molar-refractivity contribution in [3.63, 3.8) is 0 Å². The maximum Gasteiger partial charge on any atom is 0.319 e. The number of nitrogens with one attached hydrogen (secondary N) is 2. The van der Waals surface area contributed by atoms with Gasteiger partial charge >= 0.3 is 6.03 Å². The van der Waals surface area contributed by atoms with Crippen molar-refractivity contribution in [2.75, 3.05) is 25.6 Å². The van der Waals surface area contributed by atoms with E-state index in [1.807, 2.05) is 56.3 Å². The summed E-state index contributed by atoms with van der Waals surface area (Å²) < 4.78 is 10.7. The zero-order valence-corrected chi connectivity index (χ0v) is 16.7. The number of benzene rings is 2. The number of nitrogens with zero attached hydrogens (tertiary/aromatic N) is 2. The quantitative estimate of drug-likeness (QED) is 0.594. The van der Waals surface area contributed by atoms with Crippen LogP contribution < -0.4 is 20.1 Å². The Morgan fingerprint density at radius 2 is 1.69 bits per heavy atom. The Labute approximate surface area is 170 Å². The molecule has 0 atom stereocenters. The Kier molecular flexibility index (Phi) is 6.63. The molecule has 0 saturated heterocycles. The topological polar surface area (TPSA) is 85.4 Å². The average molecular weight is 392 g/mol. The van der Waals surface area contributed by atoms with Gasteiger partial charge < -0.3 is 20.1 Å². The molecular formula is C22H24N4O3. The number of methoxy groups -OCH3 is 1. The lowest BCUT2D eigenvalue weighted by atomic mass is 10.1. The van der Waals surface area contributed by atoms with E-state index in [4.69, 9.17) is 9.47 Å². The first-order chi connectivity index (χ1) is 14.0. The zero-order chi connectivity index (χ0) is 20.6. The molecule has 0 fully saturated rings. The van der Waals surface area contributed by atoms with Gasteiger partial charge in [0, 0.05) is 17.3 Å². The predicted octanol–water partition coefficient (Wildman–Crippen LogP) is 3.97. The maximum absolute atomic E-state index is 12.0. The van der Waals surface area contributed by atoms with Crippen LogP contribution in [0.4, 0.5) is 10.5 Å². The van der Waals surface area contributed by atoms with Gasteiger partial charge in [0.1, 0.15) is 12.4 Å². The molecule has 3 aromatic rings. The molecule has 0 aliphatic carbocycles. The summed E-state index contributed by atoms with van der Waals surface area (Å²) in [6.45, 7) is 4.62. The third-order valence-corrected chi connectivity index (χ3v) is 4.14. The van der Waals surface area contributed by atoms with Crippen LogP contribution in [0, 0.1) is 13.8 Å². The summed E-state index contributed by atoms with van der Waals surface area (Å²) in [5.41, 5.74) is 4.64. The van der Waals surface area contributed by atoms with Crippen molar-refractivity contribution < 1.29 is 14.3 Å². The van der Waals surface area contributed by atoms with E-state index in [1.54, 1.807) is 13.2 Å². The molecule has 0 spiro atoms. The van der Waals surface area contributed by atoms with Crippen LogP contribution in [-0.4, -0.2) is 36.5 Å². The molecular weight excluding hydrogens is 368 g/mol. The zero-order valence-electron chi connectivity index (χ0n) is 16.7. The molecule has 1 aromatic heterocycles. The number of urea groups is 1. The molecule has 3 rings (SSSR count). The van der Waals surface area contributed by atoms with Crippen LogP contribution >= 0.6 is 0 Å². The van der Waals surface area contributed by atoms with E-state index in [9.17, 15) is 4.79 Å². The molecule has 0 unspecified atom stereocenters. The van der Waals surface area contributed by atoms with E-state index in [0.717, 1.165) is 33.8 Å². The highest BCUT2D eigenvalue weighted by Crippen LogP contribution is 2.21. The predicted molar refractivity (Wildman–Crippen MR) is 112 cm³/mol. The first-order valence-corrected chi connectivity index (χ1v) is 9.27. The highest BCUT2D eigenvalue weighted by molar-refractivity contribution is 5.89. The van der Waals surface area contributed by atoms with Crippen molar-refractivity contribution in [3.8, 4) is 22.9 Å². The van der Waals surface area contributed by atoms with Crippen LogP contribution in [0.3, 0.4) is 0 Å². The summed E-state index contributed by atoms with van der Waals surface area (Å²) in [4.78, 5) is 12.0. The van der Waals surface area contributed by atoms with Crippen molar-refractivity contribution in [3.05, 3.63) is 65.7 Å². The first-order valence-electron chi connectivity index (χ1n) is 9.27. The summed E-state index contributed by atoms with van der Waals surface area (Å²) in [6, 6.07) is 16.8. The van der Waals surface area contributed by atoms with E-state index >= 15 is 0 Å². The van der Waals surface area contributed by atoms with Gasteiger partial charge in [-0.1, -0.05) is 6.07 Å². The molecule has 2 amide bonds. The number of anilines is 1. The van der Waals surface area contributed by atoms with Gasteiger partial charge in [-0.3, -0.25) is 0 Å². The van der Waals surface area contributed by atoms with E-state index in [1.165, 1.54) is 0 Å². The van der Waals surface area contributed by atoms with Gasteiger partial charge in [0.15, 0.2) is 0 Å². The molecule has 7 heteroatoms. The molecule has 2 aromatic carbocycles. The maximum atomic E-state index is 12.0. The summed E-state index contributed by atoms with van der Waals surface area (Å²) in [7, 11) is 1.63. The Balaban J connectivity index is 1.43. The minimum Gasteiger partial charge on any atom is -0.497 e. The number of hydrogen-bond acceptors (Lipinski definition) is 5. The number of carbonyl (C=O) groups excluding carboxylic acids is 1. The molecule has 7 nitrogen and oxygen atoms in total. The van der Waals surface area contributed by atoms with Gasteiger partial charge in [-0.2, -0.15) is 0 Å². The van der Waals surface area contributed by atoms with Crippen molar-refractivity contribution >= 4 is 11.7 Å². The molecule has 0 radical (unpaired) electrons. The average Bonchev–Trinajstić information content (AvgIpc) is 2.71. The fourth-order valence-corrected chi connectivity index (χ4v) is 2.86. The van der Waals surface area contributed by atoms with Crippen molar-refractivity contribution in [1.29, 1.82) is 0 Å². The Morgan fingerprint density at radius 1 is 0.966 bits per heavy atom. The highest BCUT2D eigenvalue weighted by atomic mass is 16.5. The number of amides is 2. The highest BCUT2D eigenvalue weighted by Gasteiger charge is 2.05. The lowest BCUT2D eigenvalue weighted by molar-refractivity contribution is 0.246. The number of ether oxygens (including phenoxy) is 2. The largest absolute Gasteiger partial charge is 0.497 e. The minimum absolute atomic E-state index is 0.278. The van der Waals surface area contributed by atoms with Crippen LogP contribution in [0.5, 0.6) is 11.6 Å². The summed E-state index contributed by atoms with van der Waals surface area (Å²) in [5, 5.41) is 13.8. The van der Waals surface area contributed by atoms with Crippen molar-refractivity contribution in [2.45, 2.75) is 13.8 Å². The molecule has 150 valence electrons. The number of aromatic nitrogens is 2. The standard InChI is InChI=1S/C22H24N4O3/c1-15-12-16(2)14-18(13-15)24-22(27)23-10-11-29-21-9-8-20(25-26-21)17-4-6-19(28-3)7-5-17/h4-9,12-14H,10-11H2,1-3H3,(H2,23,24,27). The van der Waals surface area contributed by atoms with E-state index < -0.39 is 0 Å². The molecule has 0 bridgehead atoms. The van der Waals surface area contributed by atoms with Crippen LogP contribution in [0.25, 0.3) is 11.3 Å². The molecule has 0 aliphatic rings. The SMILES string of the molecule is COc1ccc(-c2ccc(OCCNC(=O)Nc3cc(C)cc(C)c3)nn2)cc1. The van der Waals surface area contributed by atoms with Gasteiger partial charge in [0.2, 0.25) is 5.88 Å². The third kappa shape index (κ3) is 5.93. The second-order valence-corrected chi connectivity index (χ2v) is 6.59. The minimum atomic E-state index is -0.278. The van der Waals surface area contributed by atoms with Gasteiger partial charge in [0.05, 0.1) is 19.3 Å². The Bertz CT molecular complexity index is 937. The fourth-order valence-electron chi connectivity index (χ4n) is 2.86. The van der Waals surface area contributed by atoms with Crippen LogP contribution in [-0.2, 0) is 0 Å².